The normalized spacial score (nSPS) is 13.9. The lowest BCUT2D eigenvalue weighted by molar-refractivity contribution is 0.122. The molecule has 0 N–H and O–H groups in total. The van der Waals surface area contributed by atoms with Crippen molar-refractivity contribution in [3.8, 4) is 0 Å². The van der Waals surface area contributed by atoms with E-state index in [1.54, 1.807) is 0 Å². The van der Waals surface area contributed by atoms with Crippen LogP contribution in [0.2, 0.25) is 0 Å². The van der Waals surface area contributed by atoms with Crippen LogP contribution >= 0.6 is 12.6 Å². The van der Waals surface area contributed by atoms with Crippen LogP contribution in [-0.2, 0) is 4.74 Å². The first-order chi connectivity index (χ1) is 3.77. The van der Waals surface area contributed by atoms with E-state index < -0.39 is 0 Å². The van der Waals surface area contributed by atoms with Crippen LogP contribution in [0.3, 0.4) is 0 Å². The maximum absolute atomic E-state index is 5.10. The van der Waals surface area contributed by atoms with Gasteiger partial charge in [0.25, 0.3) is 0 Å². The van der Waals surface area contributed by atoms with Crippen LogP contribution in [0.1, 0.15) is 26.7 Å². The molecule has 0 heterocycles. The predicted molar refractivity (Wildman–Crippen MR) is 37.9 cm³/mol. The van der Waals surface area contributed by atoms with Crippen LogP contribution in [0.15, 0.2) is 0 Å². The molecule has 0 aliphatic rings. The molecule has 1 unspecified atom stereocenters. The van der Waals surface area contributed by atoms with E-state index in [0.29, 0.717) is 0 Å². The summed E-state index contributed by atoms with van der Waals surface area (Å²) >= 11 is 4.77. The van der Waals surface area contributed by atoms with E-state index in [0.717, 1.165) is 13.0 Å². The van der Waals surface area contributed by atoms with Gasteiger partial charge in [0, 0.05) is 6.61 Å². The van der Waals surface area contributed by atoms with E-state index in [4.69, 9.17) is 17.4 Å². The lowest BCUT2D eigenvalue weighted by Gasteiger charge is -2.02. The molecule has 1 atom stereocenters. The third-order valence-electron chi connectivity index (χ3n) is 0.850. The number of rotatable bonds is 4. The molecule has 2 heteroatoms. The molecule has 0 bridgehead atoms. The van der Waals surface area contributed by atoms with Crippen LogP contribution in [-0.4, -0.2) is 12.0 Å². The summed E-state index contributed by atoms with van der Waals surface area (Å²) in [6, 6.07) is 0. The molecule has 0 amide bonds. The Bertz CT molecular complexity index is 45.8. The van der Waals surface area contributed by atoms with Crippen molar-refractivity contribution < 1.29 is 4.74 Å². The fourth-order valence-electron chi connectivity index (χ4n) is 0.394. The van der Waals surface area contributed by atoms with E-state index in [1.165, 1.54) is 6.42 Å². The van der Waals surface area contributed by atoms with E-state index in [-0.39, 0.29) is 5.44 Å². The molecule has 0 aromatic carbocycles. The molecule has 0 saturated carbocycles. The van der Waals surface area contributed by atoms with Gasteiger partial charge >= 0.3 is 0 Å². The first-order valence-electron chi connectivity index (χ1n) is 3.04. The molecule has 0 aliphatic carbocycles. The van der Waals surface area contributed by atoms with Gasteiger partial charge in [0.15, 0.2) is 0 Å². The average molecular weight is 133 g/mol. The fourth-order valence-corrected chi connectivity index (χ4v) is 0.490. The Labute approximate surface area is 56.8 Å². The van der Waals surface area contributed by atoms with Crippen molar-refractivity contribution in [2.75, 3.05) is 6.61 Å². The average Bonchev–Trinajstić information content (AvgIpc) is 1.66. The summed E-state index contributed by atoms with van der Waals surface area (Å²) in [5.41, 5.74) is -0.0125. The second-order valence-electron chi connectivity index (χ2n) is 1.79. The van der Waals surface area contributed by atoms with Crippen molar-refractivity contribution in [3.05, 3.63) is 0 Å². The van der Waals surface area contributed by atoms with Gasteiger partial charge in [-0.2, -0.15) is 0 Å². The molecule has 0 saturated heterocycles. The molecule has 0 aromatic rings. The minimum absolute atomic E-state index is 0.0125. The Balaban J connectivity index is 2.72. The van der Waals surface area contributed by atoms with Crippen molar-refractivity contribution in [2.24, 2.45) is 0 Å². The van der Waals surface area contributed by atoms with Crippen molar-refractivity contribution in [1.29, 1.82) is 0 Å². The van der Waals surface area contributed by atoms with Crippen LogP contribution < -0.4 is 0 Å². The summed E-state index contributed by atoms with van der Waals surface area (Å²) in [6.45, 7) is 4.84. The number of ether oxygens (including phenoxy) is 1. The summed E-state index contributed by atoms with van der Waals surface area (Å²) in [6.07, 6.45) is 2.31. The summed E-state index contributed by atoms with van der Waals surface area (Å²) in [5.74, 6) is 0. The minimum Gasteiger partial charge on any atom is -0.367 e. The van der Waals surface area contributed by atoms with Crippen LogP contribution in [0, 0.1) is 0 Å². The second-order valence-corrected chi connectivity index (χ2v) is 2.46. The van der Waals surface area contributed by atoms with E-state index in [2.05, 4.69) is 6.92 Å². The highest BCUT2D eigenvalue weighted by Gasteiger charge is 1.90. The molecule has 0 fully saturated rings. The first-order valence-corrected chi connectivity index (χ1v) is 3.52. The monoisotopic (exact) mass is 133 g/mol. The minimum atomic E-state index is -0.0125. The molecule has 0 aromatic heterocycles. The third kappa shape index (κ3) is 6.31. The van der Waals surface area contributed by atoms with Crippen molar-refractivity contribution in [3.63, 3.8) is 0 Å². The lowest BCUT2D eigenvalue weighted by Crippen LogP contribution is -2.00. The highest BCUT2D eigenvalue weighted by molar-refractivity contribution is 7.80. The molecule has 0 aliphatic heterocycles. The van der Waals surface area contributed by atoms with Gasteiger partial charge in [-0.1, -0.05) is 26.0 Å². The maximum atomic E-state index is 5.10. The Hall–Kier alpha value is 0.310. The van der Waals surface area contributed by atoms with Gasteiger partial charge in [0.2, 0.25) is 0 Å². The molecule has 1 radical (unpaired) electrons. The lowest BCUT2D eigenvalue weighted by atomic mass is 10.4. The summed E-state index contributed by atoms with van der Waals surface area (Å²) in [4.78, 5) is 0. The van der Waals surface area contributed by atoms with E-state index in [9.17, 15) is 0 Å². The second kappa shape index (κ2) is 5.45. The zero-order chi connectivity index (χ0) is 6.41. The Morgan fingerprint density at radius 3 is 2.62 bits per heavy atom. The quantitative estimate of drug-likeness (QED) is 0.535. The van der Waals surface area contributed by atoms with Gasteiger partial charge in [-0.25, -0.2) is 0 Å². The van der Waals surface area contributed by atoms with Crippen LogP contribution in [0.5, 0.6) is 0 Å². The van der Waals surface area contributed by atoms with Gasteiger partial charge in [0.1, 0.15) is 5.44 Å². The van der Waals surface area contributed by atoms with Gasteiger partial charge in [-0.3, -0.25) is 0 Å². The van der Waals surface area contributed by atoms with Crippen LogP contribution in [0.4, 0.5) is 0 Å². The molecular weight excluding hydrogens is 120 g/mol. The van der Waals surface area contributed by atoms with Crippen molar-refractivity contribution in [2.45, 2.75) is 32.1 Å². The SMILES string of the molecule is CCCCOC(C)[S]. The standard InChI is InChI=1S/C6H13OS/c1-3-4-5-7-6(2)8/h6H,3-5H2,1-2H3. The Morgan fingerprint density at radius 1 is 1.62 bits per heavy atom. The molecule has 8 heavy (non-hydrogen) atoms. The van der Waals surface area contributed by atoms with Crippen molar-refractivity contribution >= 4 is 12.6 Å². The van der Waals surface area contributed by atoms with Crippen molar-refractivity contribution in [1.82, 2.24) is 0 Å². The zero-order valence-electron chi connectivity index (χ0n) is 5.52. The topological polar surface area (TPSA) is 9.23 Å². The van der Waals surface area contributed by atoms with E-state index >= 15 is 0 Å². The summed E-state index contributed by atoms with van der Waals surface area (Å²) < 4.78 is 5.10. The van der Waals surface area contributed by atoms with Crippen LogP contribution in [0.25, 0.3) is 0 Å². The Morgan fingerprint density at radius 2 is 2.25 bits per heavy atom. The van der Waals surface area contributed by atoms with Gasteiger partial charge in [-0.15, -0.1) is 0 Å². The molecule has 1 nitrogen and oxygen atoms in total. The highest BCUT2D eigenvalue weighted by atomic mass is 32.1. The predicted octanol–water partition coefficient (Wildman–Crippen LogP) is 2.35. The maximum Gasteiger partial charge on any atom is 0.110 e. The molecule has 0 spiro atoms. The zero-order valence-corrected chi connectivity index (χ0v) is 6.33. The molecular formula is C6H13OS. The van der Waals surface area contributed by atoms with Gasteiger partial charge in [-0.05, 0) is 13.3 Å². The first kappa shape index (κ1) is 8.31. The number of unbranched alkanes of at least 4 members (excludes halogenated alkanes) is 1. The number of hydrogen-bond donors (Lipinski definition) is 0. The summed E-state index contributed by atoms with van der Waals surface area (Å²) in [5, 5.41) is 0. The molecule has 49 valence electrons. The van der Waals surface area contributed by atoms with E-state index in [1.807, 2.05) is 6.92 Å². The smallest absolute Gasteiger partial charge is 0.110 e. The highest BCUT2D eigenvalue weighted by Crippen LogP contribution is 1.96. The third-order valence-corrected chi connectivity index (χ3v) is 0.987. The summed E-state index contributed by atoms with van der Waals surface area (Å²) in [7, 11) is 0. The van der Waals surface area contributed by atoms with Gasteiger partial charge < -0.3 is 4.74 Å². The van der Waals surface area contributed by atoms with Gasteiger partial charge in [0.05, 0.1) is 0 Å². The molecule has 0 rings (SSSR count). The fraction of sp³-hybridized carbons (Fsp3) is 1.00. The largest absolute Gasteiger partial charge is 0.367 e. The number of hydrogen-bond acceptors (Lipinski definition) is 1. The Kier molecular flexibility index (Phi) is 5.66.